The van der Waals surface area contributed by atoms with E-state index in [-0.39, 0.29) is 25.3 Å². The van der Waals surface area contributed by atoms with Crippen LogP contribution in [0.15, 0.2) is 0 Å². The number of carbonyl (C=O) groups is 1. The van der Waals surface area contributed by atoms with Crippen LogP contribution in [0.2, 0.25) is 0 Å². The minimum atomic E-state index is -4.71. The summed E-state index contributed by atoms with van der Waals surface area (Å²) in [4.78, 5) is 11.5. The predicted octanol–water partition coefficient (Wildman–Crippen LogP) is 0.790. The third-order valence-corrected chi connectivity index (χ3v) is 2.33. The SMILES string of the molecule is COCCc1c(C(=O)OC)nnn1CCOC(F)(F)F. The van der Waals surface area contributed by atoms with Crippen molar-refractivity contribution < 1.29 is 32.2 Å². The number of aromatic nitrogens is 3. The highest BCUT2D eigenvalue weighted by Crippen LogP contribution is 2.16. The first-order chi connectivity index (χ1) is 9.39. The number of carbonyl (C=O) groups excluding carboxylic acids is 1. The van der Waals surface area contributed by atoms with Crippen LogP contribution < -0.4 is 0 Å². The van der Waals surface area contributed by atoms with Gasteiger partial charge in [0.05, 0.1) is 32.6 Å². The van der Waals surface area contributed by atoms with Crippen molar-refractivity contribution in [1.29, 1.82) is 0 Å². The molecule has 0 saturated heterocycles. The average molecular weight is 297 g/mol. The molecule has 0 radical (unpaired) electrons. The second kappa shape index (κ2) is 7.20. The maximum atomic E-state index is 11.9. The van der Waals surface area contributed by atoms with Crippen LogP contribution in [0, 0.1) is 0 Å². The maximum absolute atomic E-state index is 11.9. The number of ether oxygens (including phenoxy) is 3. The van der Waals surface area contributed by atoms with Crippen LogP contribution in [0.5, 0.6) is 0 Å². The van der Waals surface area contributed by atoms with Gasteiger partial charge in [-0.05, 0) is 0 Å². The quantitative estimate of drug-likeness (QED) is 0.693. The Labute approximate surface area is 112 Å². The molecule has 0 aliphatic heterocycles. The molecule has 0 bridgehead atoms. The molecule has 7 nitrogen and oxygen atoms in total. The molecule has 114 valence electrons. The van der Waals surface area contributed by atoms with Crippen LogP contribution >= 0.6 is 0 Å². The van der Waals surface area contributed by atoms with E-state index in [0.29, 0.717) is 5.69 Å². The fourth-order valence-corrected chi connectivity index (χ4v) is 1.46. The summed E-state index contributed by atoms with van der Waals surface area (Å²) in [7, 11) is 2.63. The highest BCUT2D eigenvalue weighted by molar-refractivity contribution is 5.88. The number of rotatable bonds is 7. The van der Waals surface area contributed by atoms with E-state index in [1.807, 2.05) is 0 Å². The molecule has 0 saturated carbocycles. The molecule has 0 aliphatic carbocycles. The molecule has 0 aromatic carbocycles. The zero-order valence-corrected chi connectivity index (χ0v) is 10.9. The van der Waals surface area contributed by atoms with Gasteiger partial charge < -0.3 is 9.47 Å². The van der Waals surface area contributed by atoms with E-state index in [4.69, 9.17) is 4.74 Å². The summed E-state index contributed by atoms with van der Waals surface area (Å²) in [5.74, 6) is -0.709. The van der Waals surface area contributed by atoms with Gasteiger partial charge in [0.15, 0.2) is 5.69 Å². The topological polar surface area (TPSA) is 75.5 Å². The van der Waals surface area contributed by atoms with E-state index < -0.39 is 18.9 Å². The van der Waals surface area contributed by atoms with Crippen LogP contribution in [0.4, 0.5) is 13.2 Å². The predicted molar refractivity (Wildman–Crippen MR) is 58.9 cm³/mol. The van der Waals surface area contributed by atoms with Gasteiger partial charge in [-0.3, -0.25) is 4.74 Å². The molecule has 1 heterocycles. The Morgan fingerprint density at radius 1 is 1.30 bits per heavy atom. The van der Waals surface area contributed by atoms with E-state index in [2.05, 4.69) is 19.8 Å². The summed E-state index contributed by atoms with van der Waals surface area (Å²) in [5.41, 5.74) is 0.293. The van der Waals surface area contributed by atoms with Crippen LogP contribution in [-0.2, 0) is 27.2 Å². The van der Waals surface area contributed by atoms with Gasteiger partial charge in [0.25, 0.3) is 0 Å². The number of hydrogen-bond acceptors (Lipinski definition) is 6. The Kier molecular flexibility index (Phi) is 5.89. The number of hydrogen-bond donors (Lipinski definition) is 0. The molecular weight excluding hydrogens is 283 g/mol. The van der Waals surface area contributed by atoms with Crippen molar-refractivity contribution in [2.45, 2.75) is 19.3 Å². The fourth-order valence-electron chi connectivity index (χ4n) is 1.46. The van der Waals surface area contributed by atoms with Crippen molar-refractivity contribution in [2.24, 2.45) is 0 Å². The molecule has 0 amide bonds. The van der Waals surface area contributed by atoms with Crippen molar-refractivity contribution in [3.8, 4) is 0 Å². The van der Waals surface area contributed by atoms with Crippen LogP contribution in [-0.4, -0.2) is 54.8 Å². The summed E-state index contributed by atoms with van der Waals surface area (Å²) in [6.07, 6.45) is -4.45. The lowest BCUT2D eigenvalue weighted by atomic mass is 10.2. The van der Waals surface area contributed by atoms with Gasteiger partial charge in [-0.2, -0.15) is 0 Å². The third kappa shape index (κ3) is 4.78. The molecule has 0 unspecified atom stereocenters. The van der Waals surface area contributed by atoms with Gasteiger partial charge in [0, 0.05) is 13.5 Å². The average Bonchev–Trinajstić information content (AvgIpc) is 2.77. The van der Waals surface area contributed by atoms with Crippen molar-refractivity contribution in [1.82, 2.24) is 15.0 Å². The van der Waals surface area contributed by atoms with Crippen molar-refractivity contribution >= 4 is 5.97 Å². The zero-order chi connectivity index (χ0) is 15.2. The zero-order valence-electron chi connectivity index (χ0n) is 10.9. The van der Waals surface area contributed by atoms with Crippen LogP contribution in [0.1, 0.15) is 16.2 Å². The van der Waals surface area contributed by atoms with Gasteiger partial charge in [0.1, 0.15) is 0 Å². The Bertz CT molecular complexity index is 447. The molecule has 0 spiro atoms. The molecule has 0 N–H and O–H groups in total. The first-order valence-electron chi connectivity index (χ1n) is 5.59. The van der Waals surface area contributed by atoms with E-state index in [9.17, 15) is 18.0 Å². The first kappa shape index (κ1) is 16.4. The molecule has 1 aromatic heterocycles. The Morgan fingerprint density at radius 2 is 2.00 bits per heavy atom. The lowest BCUT2D eigenvalue weighted by Crippen LogP contribution is -2.19. The monoisotopic (exact) mass is 297 g/mol. The van der Waals surface area contributed by atoms with Gasteiger partial charge >= 0.3 is 12.3 Å². The molecule has 1 rings (SSSR count). The van der Waals surface area contributed by atoms with E-state index in [1.54, 1.807) is 0 Å². The van der Waals surface area contributed by atoms with Crippen molar-refractivity contribution in [3.63, 3.8) is 0 Å². The van der Waals surface area contributed by atoms with Crippen molar-refractivity contribution in [3.05, 3.63) is 11.4 Å². The molecule has 0 atom stereocenters. The van der Waals surface area contributed by atoms with E-state index in [1.165, 1.54) is 14.2 Å². The van der Waals surface area contributed by atoms with Gasteiger partial charge in [-0.25, -0.2) is 9.48 Å². The lowest BCUT2D eigenvalue weighted by molar-refractivity contribution is -0.325. The Morgan fingerprint density at radius 3 is 2.55 bits per heavy atom. The number of nitrogens with zero attached hydrogens (tertiary/aromatic N) is 3. The molecule has 0 aliphatic rings. The smallest absolute Gasteiger partial charge is 0.464 e. The molecule has 0 fully saturated rings. The molecule has 10 heteroatoms. The highest BCUT2D eigenvalue weighted by atomic mass is 19.4. The summed E-state index contributed by atoms with van der Waals surface area (Å²) in [6, 6.07) is 0. The first-order valence-corrected chi connectivity index (χ1v) is 5.59. The van der Waals surface area contributed by atoms with Gasteiger partial charge in [-0.15, -0.1) is 18.3 Å². The summed E-state index contributed by atoms with van der Waals surface area (Å²) < 4.78 is 49.9. The Balaban J connectivity index is 2.78. The minimum absolute atomic E-state index is 0.0449. The van der Waals surface area contributed by atoms with E-state index in [0.717, 1.165) is 4.68 Å². The van der Waals surface area contributed by atoms with Gasteiger partial charge in [-0.1, -0.05) is 5.21 Å². The van der Waals surface area contributed by atoms with Crippen LogP contribution in [0.3, 0.4) is 0 Å². The molecule has 1 aromatic rings. The maximum Gasteiger partial charge on any atom is 0.522 e. The molecule has 20 heavy (non-hydrogen) atoms. The third-order valence-electron chi connectivity index (χ3n) is 2.33. The summed E-state index contributed by atoms with van der Waals surface area (Å²) in [5, 5.41) is 7.22. The standard InChI is InChI=1S/C10H14F3N3O4/c1-18-5-3-7-8(9(17)19-2)14-15-16(7)4-6-20-10(11,12)13/h3-6H2,1-2H3. The minimum Gasteiger partial charge on any atom is -0.464 e. The number of methoxy groups -OCH3 is 2. The molecular formula is C10H14F3N3O4. The highest BCUT2D eigenvalue weighted by Gasteiger charge is 2.29. The largest absolute Gasteiger partial charge is 0.522 e. The van der Waals surface area contributed by atoms with Gasteiger partial charge in [0.2, 0.25) is 0 Å². The number of alkyl halides is 3. The van der Waals surface area contributed by atoms with E-state index >= 15 is 0 Å². The van der Waals surface area contributed by atoms with Crippen LogP contribution in [0.25, 0.3) is 0 Å². The fraction of sp³-hybridized carbons (Fsp3) is 0.700. The lowest BCUT2D eigenvalue weighted by Gasteiger charge is -2.09. The second-order valence-corrected chi connectivity index (χ2v) is 3.64. The number of esters is 1. The summed E-state index contributed by atoms with van der Waals surface area (Å²) >= 11 is 0. The Hall–Kier alpha value is -1.68. The van der Waals surface area contributed by atoms with Crippen molar-refractivity contribution in [2.75, 3.05) is 27.4 Å². The summed E-state index contributed by atoms with van der Waals surface area (Å²) in [6.45, 7) is -0.562. The number of halogens is 3. The normalized spacial score (nSPS) is 11.7. The second-order valence-electron chi connectivity index (χ2n) is 3.64.